The number of hydrogen-bond donors (Lipinski definition) is 1. The fraction of sp³-hybridized carbons (Fsp3) is 0.364. The number of aliphatic hydroxyl groups excluding tert-OH is 1. The molecule has 1 atom stereocenters. The van der Waals surface area contributed by atoms with Gasteiger partial charge in [0.05, 0.1) is 5.69 Å². The Morgan fingerprint density at radius 3 is 2.46 bits per heavy atom. The van der Waals surface area contributed by atoms with Gasteiger partial charge in [-0.05, 0) is 30.2 Å². The minimum Gasteiger partial charge on any atom is -1.00 e. The van der Waals surface area contributed by atoms with E-state index in [1.54, 1.807) is 6.07 Å². The van der Waals surface area contributed by atoms with Gasteiger partial charge in [-0.1, -0.05) is 36.4 Å². The van der Waals surface area contributed by atoms with Crippen LogP contribution in [0, 0.1) is 5.82 Å². The Morgan fingerprint density at radius 1 is 1.07 bits per heavy atom. The molecule has 0 amide bonds. The van der Waals surface area contributed by atoms with Crippen LogP contribution in [0.15, 0.2) is 61.2 Å². The standard InChI is InChI=1S/C22H27FN2O2.ClH/c1-2-7-18-8-3-6-11-22(18)27-17-19(26)16-24-12-14-25(15-13-24)21-10-5-4-9-20(21)23;/h2-6,8-11,19,26H,1,7,12-17H2;1H/p-1. The molecule has 28 heavy (non-hydrogen) atoms. The number of ether oxygens (including phenoxy) is 1. The zero-order chi connectivity index (χ0) is 19.1. The highest BCUT2D eigenvalue weighted by molar-refractivity contribution is 5.48. The molecule has 1 heterocycles. The van der Waals surface area contributed by atoms with Gasteiger partial charge >= 0.3 is 0 Å². The van der Waals surface area contributed by atoms with E-state index in [9.17, 15) is 9.50 Å². The molecule has 1 fully saturated rings. The quantitative estimate of drug-likeness (QED) is 0.633. The number of β-amino-alcohol motifs (C(OH)–C–C–N with tert-alkyl or cyclic N) is 1. The lowest BCUT2D eigenvalue weighted by Gasteiger charge is -2.37. The lowest BCUT2D eigenvalue weighted by molar-refractivity contribution is -0.00000829. The average molecular weight is 406 g/mol. The maximum absolute atomic E-state index is 13.9. The Hall–Kier alpha value is -2.08. The highest BCUT2D eigenvalue weighted by atomic mass is 35.5. The van der Waals surface area contributed by atoms with Crippen molar-refractivity contribution < 1.29 is 26.6 Å². The van der Waals surface area contributed by atoms with Gasteiger partial charge in [-0.15, -0.1) is 6.58 Å². The van der Waals surface area contributed by atoms with Crippen LogP contribution in [0.25, 0.3) is 0 Å². The van der Waals surface area contributed by atoms with Crippen molar-refractivity contribution in [2.45, 2.75) is 12.5 Å². The smallest absolute Gasteiger partial charge is 0.146 e. The van der Waals surface area contributed by atoms with Crippen LogP contribution < -0.4 is 22.0 Å². The van der Waals surface area contributed by atoms with Gasteiger partial charge in [0.2, 0.25) is 0 Å². The van der Waals surface area contributed by atoms with Gasteiger partial charge in [0.25, 0.3) is 0 Å². The van der Waals surface area contributed by atoms with E-state index in [1.165, 1.54) is 6.07 Å². The Morgan fingerprint density at radius 2 is 1.75 bits per heavy atom. The number of anilines is 1. The predicted molar refractivity (Wildman–Crippen MR) is 107 cm³/mol. The van der Waals surface area contributed by atoms with Crippen LogP contribution in [0.1, 0.15) is 5.56 Å². The number of para-hydroxylation sites is 2. The Kier molecular flexibility index (Phi) is 8.77. The first kappa shape index (κ1) is 22.2. The van der Waals surface area contributed by atoms with Gasteiger partial charge in [-0.25, -0.2) is 4.39 Å². The van der Waals surface area contributed by atoms with Crippen molar-refractivity contribution in [2.24, 2.45) is 0 Å². The first-order chi connectivity index (χ1) is 13.2. The number of benzene rings is 2. The fourth-order valence-corrected chi connectivity index (χ4v) is 3.39. The molecular weight excluding hydrogens is 379 g/mol. The first-order valence-corrected chi connectivity index (χ1v) is 9.39. The van der Waals surface area contributed by atoms with Crippen molar-refractivity contribution in [1.29, 1.82) is 0 Å². The van der Waals surface area contributed by atoms with Crippen molar-refractivity contribution in [3.05, 3.63) is 72.6 Å². The van der Waals surface area contributed by atoms with Crippen molar-refractivity contribution in [1.82, 2.24) is 4.90 Å². The Balaban J connectivity index is 0.00000280. The third-order valence-corrected chi connectivity index (χ3v) is 4.80. The number of allylic oxidation sites excluding steroid dienone is 1. The van der Waals surface area contributed by atoms with Gasteiger partial charge in [0.15, 0.2) is 0 Å². The molecule has 6 heteroatoms. The van der Waals surface area contributed by atoms with Crippen molar-refractivity contribution in [3.63, 3.8) is 0 Å². The minimum absolute atomic E-state index is 0. The number of piperazine rings is 1. The molecule has 1 N–H and O–H groups in total. The van der Waals surface area contributed by atoms with Crippen LogP contribution in [-0.4, -0.2) is 55.4 Å². The van der Waals surface area contributed by atoms with Crippen LogP contribution in [0.3, 0.4) is 0 Å². The number of rotatable bonds is 8. The zero-order valence-corrected chi connectivity index (χ0v) is 16.7. The maximum Gasteiger partial charge on any atom is 0.146 e. The average Bonchev–Trinajstić information content (AvgIpc) is 2.69. The zero-order valence-electron chi connectivity index (χ0n) is 15.9. The fourth-order valence-electron chi connectivity index (χ4n) is 3.39. The third-order valence-electron chi connectivity index (χ3n) is 4.80. The van der Waals surface area contributed by atoms with E-state index in [1.807, 2.05) is 42.5 Å². The number of hydrogen-bond acceptors (Lipinski definition) is 4. The van der Waals surface area contributed by atoms with Crippen molar-refractivity contribution in [3.8, 4) is 5.75 Å². The second-order valence-corrected chi connectivity index (χ2v) is 6.80. The molecule has 0 aromatic heterocycles. The monoisotopic (exact) mass is 405 g/mol. The van der Waals surface area contributed by atoms with Crippen molar-refractivity contribution >= 4 is 5.69 Å². The van der Waals surface area contributed by atoms with E-state index >= 15 is 0 Å². The normalized spacial score (nSPS) is 15.6. The Bertz CT molecular complexity index is 751. The van der Waals surface area contributed by atoms with E-state index in [2.05, 4.69) is 16.4 Å². The van der Waals surface area contributed by atoms with Crippen molar-refractivity contribution in [2.75, 3.05) is 44.2 Å². The molecule has 2 aromatic rings. The first-order valence-electron chi connectivity index (χ1n) is 9.39. The summed E-state index contributed by atoms with van der Waals surface area (Å²) in [7, 11) is 0. The molecule has 1 aliphatic rings. The Labute approximate surface area is 172 Å². The van der Waals surface area contributed by atoms with E-state index in [-0.39, 0.29) is 24.8 Å². The summed E-state index contributed by atoms with van der Waals surface area (Å²) in [6, 6.07) is 14.7. The van der Waals surface area contributed by atoms with Gasteiger partial charge in [-0.3, -0.25) is 4.90 Å². The van der Waals surface area contributed by atoms with Crippen LogP contribution >= 0.6 is 0 Å². The maximum atomic E-state index is 13.9. The highest BCUT2D eigenvalue weighted by Crippen LogP contribution is 2.21. The van der Waals surface area contributed by atoms with E-state index in [0.717, 1.165) is 43.9 Å². The van der Waals surface area contributed by atoms with Gasteiger partial charge < -0.3 is 27.2 Å². The molecule has 1 unspecified atom stereocenters. The summed E-state index contributed by atoms with van der Waals surface area (Å²) in [6.45, 7) is 7.64. The molecule has 0 saturated carbocycles. The van der Waals surface area contributed by atoms with Crippen LogP contribution in [0.4, 0.5) is 10.1 Å². The topological polar surface area (TPSA) is 35.9 Å². The van der Waals surface area contributed by atoms with Gasteiger partial charge in [0.1, 0.15) is 24.3 Å². The summed E-state index contributed by atoms with van der Waals surface area (Å²) in [4.78, 5) is 4.25. The van der Waals surface area contributed by atoms with Crippen LogP contribution in [0.2, 0.25) is 0 Å². The number of aliphatic hydroxyl groups is 1. The summed E-state index contributed by atoms with van der Waals surface area (Å²) in [5.41, 5.74) is 1.72. The molecule has 0 spiro atoms. The summed E-state index contributed by atoms with van der Waals surface area (Å²) in [6.07, 6.45) is 2.01. The molecule has 1 aliphatic heterocycles. The molecule has 1 saturated heterocycles. The third kappa shape index (κ3) is 5.96. The summed E-state index contributed by atoms with van der Waals surface area (Å²) in [5, 5.41) is 10.4. The molecule has 2 aromatic carbocycles. The van der Waals surface area contributed by atoms with E-state index in [4.69, 9.17) is 4.74 Å². The highest BCUT2D eigenvalue weighted by Gasteiger charge is 2.21. The second-order valence-electron chi connectivity index (χ2n) is 6.80. The molecule has 0 bridgehead atoms. The molecule has 0 radical (unpaired) electrons. The van der Waals surface area contributed by atoms with Crippen LogP contribution in [-0.2, 0) is 6.42 Å². The lowest BCUT2D eigenvalue weighted by Crippen LogP contribution is -3.00. The molecule has 3 rings (SSSR count). The van der Waals surface area contributed by atoms with Crippen LogP contribution in [0.5, 0.6) is 5.75 Å². The summed E-state index contributed by atoms with van der Waals surface area (Å²) < 4.78 is 19.7. The minimum atomic E-state index is -0.568. The molecular formula is C22H27ClFN2O2-. The SMILES string of the molecule is C=CCc1ccccc1OCC(O)CN1CCN(c2ccccc2F)CC1.[Cl-]. The largest absolute Gasteiger partial charge is 1.00 e. The van der Waals surface area contributed by atoms with E-state index in [0.29, 0.717) is 12.2 Å². The molecule has 4 nitrogen and oxygen atoms in total. The molecule has 152 valence electrons. The summed E-state index contributed by atoms with van der Waals surface area (Å²) >= 11 is 0. The summed E-state index contributed by atoms with van der Waals surface area (Å²) in [5.74, 6) is 0.610. The molecule has 0 aliphatic carbocycles. The second kappa shape index (κ2) is 11.1. The van der Waals surface area contributed by atoms with Gasteiger partial charge in [0, 0.05) is 32.7 Å². The number of nitrogens with zero attached hydrogens (tertiary/aromatic N) is 2. The van der Waals surface area contributed by atoms with E-state index < -0.39 is 6.10 Å². The lowest BCUT2D eigenvalue weighted by atomic mass is 10.1. The predicted octanol–water partition coefficient (Wildman–Crippen LogP) is 0.120. The number of halogens is 2. The van der Waals surface area contributed by atoms with Gasteiger partial charge in [-0.2, -0.15) is 0 Å².